The van der Waals surface area contributed by atoms with Gasteiger partial charge in [0.2, 0.25) is 0 Å². The van der Waals surface area contributed by atoms with Gasteiger partial charge in [-0.25, -0.2) is 4.39 Å². The number of rotatable bonds is 6. The number of aliphatic hydroxyl groups is 1. The normalized spacial score (nSPS) is 14.8. The third-order valence-electron chi connectivity index (χ3n) is 3.36. The van der Waals surface area contributed by atoms with Crippen LogP contribution in [0.1, 0.15) is 25.4 Å². The van der Waals surface area contributed by atoms with Crippen LogP contribution in [0.5, 0.6) is 5.75 Å². The molecule has 0 aliphatic carbocycles. The molecular weight excluding hydrogens is 301 g/mol. The van der Waals surface area contributed by atoms with E-state index in [1.54, 1.807) is 39.0 Å². The lowest BCUT2D eigenvalue weighted by Gasteiger charge is -2.22. The number of ether oxygens (including phenoxy) is 1. The van der Waals surface area contributed by atoms with Crippen LogP contribution in [0.4, 0.5) is 4.39 Å². The number of carbonyl (C=O) groups excluding carboxylic acids is 1. The highest BCUT2D eigenvalue weighted by molar-refractivity contribution is 5.80. The summed E-state index contributed by atoms with van der Waals surface area (Å²) in [7, 11) is 0. The minimum atomic E-state index is -1.33. The van der Waals surface area contributed by atoms with E-state index in [0.29, 0.717) is 11.5 Å². The number of carbonyl (C=O) groups is 1. The second-order valence-electron chi connectivity index (χ2n) is 5.62. The van der Waals surface area contributed by atoms with E-state index in [1.807, 2.05) is 0 Å². The van der Waals surface area contributed by atoms with E-state index in [1.165, 1.54) is 18.2 Å². The van der Waals surface area contributed by atoms with Crippen molar-refractivity contribution in [3.63, 3.8) is 0 Å². The minimum absolute atomic E-state index is 0.0321. The molecule has 0 saturated carbocycles. The first-order valence-electron chi connectivity index (χ1n) is 7.27. The summed E-state index contributed by atoms with van der Waals surface area (Å²) in [5.41, 5.74) is -1.33. The van der Waals surface area contributed by atoms with Gasteiger partial charge in [-0.2, -0.15) is 0 Å². The standard InChI is InChI=1S/C17H20FNO4/c1-11-7-8-15(22-11)17(3,21)10-19-16(20)12(2)23-14-6-4-5-13(18)9-14/h4-9,12,21H,10H2,1-3H3,(H,19,20). The van der Waals surface area contributed by atoms with Crippen LogP contribution in [0.25, 0.3) is 0 Å². The number of hydrogen-bond acceptors (Lipinski definition) is 4. The van der Waals surface area contributed by atoms with Gasteiger partial charge in [-0.15, -0.1) is 0 Å². The Bertz CT molecular complexity index is 681. The first-order valence-corrected chi connectivity index (χ1v) is 7.27. The van der Waals surface area contributed by atoms with E-state index in [2.05, 4.69) is 5.32 Å². The minimum Gasteiger partial charge on any atom is -0.481 e. The van der Waals surface area contributed by atoms with Crippen molar-refractivity contribution in [3.05, 3.63) is 53.7 Å². The summed E-state index contributed by atoms with van der Waals surface area (Å²) in [6.07, 6.45) is -0.828. The molecule has 1 aromatic heterocycles. The van der Waals surface area contributed by atoms with Gasteiger partial charge >= 0.3 is 0 Å². The quantitative estimate of drug-likeness (QED) is 0.857. The fraction of sp³-hybridized carbons (Fsp3) is 0.353. The van der Waals surface area contributed by atoms with Crippen molar-refractivity contribution in [1.29, 1.82) is 0 Å². The van der Waals surface area contributed by atoms with Crippen molar-refractivity contribution in [3.8, 4) is 5.75 Å². The molecule has 2 unspecified atom stereocenters. The largest absolute Gasteiger partial charge is 0.481 e. The maximum Gasteiger partial charge on any atom is 0.260 e. The van der Waals surface area contributed by atoms with Gasteiger partial charge in [-0.1, -0.05) is 6.07 Å². The van der Waals surface area contributed by atoms with Crippen molar-refractivity contribution in [1.82, 2.24) is 5.32 Å². The molecule has 0 radical (unpaired) electrons. The Morgan fingerprint density at radius 3 is 2.78 bits per heavy atom. The first-order chi connectivity index (χ1) is 10.8. The Morgan fingerprint density at radius 2 is 2.17 bits per heavy atom. The Balaban J connectivity index is 1.91. The third kappa shape index (κ3) is 4.56. The fourth-order valence-electron chi connectivity index (χ4n) is 2.01. The molecule has 1 amide bonds. The van der Waals surface area contributed by atoms with Gasteiger partial charge in [-0.3, -0.25) is 4.79 Å². The number of hydrogen-bond donors (Lipinski definition) is 2. The van der Waals surface area contributed by atoms with Crippen molar-refractivity contribution in [2.45, 2.75) is 32.5 Å². The van der Waals surface area contributed by atoms with Crippen LogP contribution < -0.4 is 10.1 Å². The zero-order valence-corrected chi connectivity index (χ0v) is 13.3. The molecule has 23 heavy (non-hydrogen) atoms. The van der Waals surface area contributed by atoms with Crippen molar-refractivity contribution >= 4 is 5.91 Å². The number of aryl methyl sites for hydroxylation is 1. The maximum absolute atomic E-state index is 13.1. The molecule has 2 rings (SSSR count). The Morgan fingerprint density at radius 1 is 1.43 bits per heavy atom. The molecule has 2 aromatic rings. The second kappa shape index (κ2) is 6.83. The topological polar surface area (TPSA) is 71.7 Å². The third-order valence-corrected chi connectivity index (χ3v) is 3.36. The van der Waals surface area contributed by atoms with E-state index in [4.69, 9.17) is 9.15 Å². The molecule has 2 atom stereocenters. The van der Waals surface area contributed by atoms with Crippen LogP contribution in [0.2, 0.25) is 0 Å². The summed E-state index contributed by atoms with van der Waals surface area (Å²) in [5.74, 6) is 0.452. The smallest absolute Gasteiger partial charge is 0.260 e. The van der Waals surface area contributed by atoms with Gasteiger partial charge in [0.1, 0.15) is 28.7 Å². The highest BCUT2D eigenvalue weighted by Gasteiger charge is 2.28. The van der Waals surface area contributed by atoms with Gasteiger partial charge in [0.05, 0.1) is 6.54 Å². The summed E-state index contributed by atoms with van der Waals surface area (Å²) >= 11 is 0. The van der Waals surface area contributed by atoms with Gasteiger partial charge in [0.15, 0.2) is 6.10 Å². The molecule has 0 fully saturated rings. The summed E-state index contributed by atoms with van der Waals surface area (Å²) in [6, 6.07) is 8.95. The zero-order chi connectivity index (χ0) is 17.0. The highest BCUT2D eigenvalue weighted by atomic mass is 19.1. The molecule has 0 aliphatic heterocycles. The predicted molar refractivity (Wildman–Crippen MR) is 82.5 cm³/mol. The average Bonchev–Trinajstić information content (AvgIpc) is 2.92. The molecule has 124 valence electrons. The van der Waals surface area contributed by atoms with Crippen molar-refractivity contribution < 1.29 is 23.4 Å². The maximum atomic E-state index is 13.1. The van der Waals surface area contributed by atoms with Gasteiger partial charge in [-0.05, 0) is 45.0 Å². The SMILES string of the molecule is Cc1ccc(C(C)(O)CNC(=O)C(C)Oc2cccc(F)c2)o1. The van der Waals surface area contributed by atoms with E-state index in [9.17, 15) is 14.3 Å². The van der Waals surface area contributed by atoms with E-state index >= 15 is 0 Å². The molecule has 0 bridgehead atoms. The second-order valence-corrected chi connectivity index (χ2v) is 5.62. The van der Waals surface area contributed by atoms with Crippen LogP contribution in [-0.4, -0.2) is 23.7 Å². The lowest BCUT2D eigenvalue weighted by atomic mass is 10.0. The van der Waals surface area contributed by atoms with E-state index in [0.717, 1.165) is 0 Å². The van der Waals surface area contributed by atoms with E-state index < -0.39 is 23.4 Å². The van der Waals surface area contributed by atoms with Crippen LogP contribution in [0.3, 0.4) is 0 Å². The number of halogens is 1. The Labute approximate surface area is 134 Å². The summed E-state index contributed by atoms with van der Waals surface area (Å²) < 4.78 is 23.8. The lowest BCUT2D eigenvalue weighted by Crippen LogP contribution is -2.43. The molecule has 1 aromatic carbocycles. The molecular formula is C17H20FNO4. The molecule has 6 heteroatoms. The van der Waals surface area contributed by atoms with Crippen LogP contribution in [0, 0.1) is 12.7 Å². The van der Waals surface area contributed by atoms with E-state index in [-0.39, 0.29) is 12.3 Å². The zero-order valence-electron chi connectivity index (χ0n) is 13.3. The monoisotopic (exact) mass is 321 g/mol. The molecule has 2 N–H and O–H groups in total. The number of benzene rings is 1. The number of amides is 1. The summed E-state index contributed by atoms with van der Waals surface area (Å²) in [6.45, 7) is 4.83. The van der Waals surface area contributed by atoms with Crippen molar-refractivity contribution in [2.24, 2.45) is 0 Å². The number of furan rings is 1. The first kappa shape index (κ1) is 17.0. The summed E-state index contributed by atoms with van der Waals surface area (Å²) in [4.78, 5) is 12.0. The van der Waals surface area contributed by atoms with Gasteiger partial charge in [0, 0.05) is 6.07 Å². The molecule has 5 nitrogen and oxygen atoms in total. The van der Waals surface area contributed by atoms with Crippen LogP contribution >= 0.6 is 0 Å². The highest BCUT2D eigenvalue weighted by Crippen LogP contribution is 2.22. The fourth-order valence-corrected chi connectivity index (χ4v) is 2.01. The van der Waals surface area contributed by atoms with Crippen molar-refractivity contribution in [2.75, 3.05) is 6.54 Å². The molecule has 0 saturated heterocycles. The van der Waals surface area contributed by atoms with Crippen LogP contribution in [0.15, 0.2) is 40.8 Å². The van der Waals surface area contributed by atoms with Gasteiger partial charge in [0.25, 0.3) is 5.91 Å². The summed E-state index contributed by atoms with van der Waals surface area (Å²) in [5, 5.41) is 13.0. The Hall–Kier alpha value is -2.34. The number of nitrogens with one attached hydrogen (secondary N) is 1. The molecule has 1 heterocycles. The molecule has 0 spiro atoms. The predicted octanol–water partition coefficient (Wildman–Crippen LogP) is 2.52. The lowest BCUT2D eigenvalue weighted by molar-refractivity contribution is -0.128. The van der Waals surface area contributed by atoms with Crippen LogP contribution in [-0.2, 0) is 10.4 Å². The van der Waals surface area contributed by atoms with Gasteiger partial charge < -0.3 is 19.6 Å². The average molecular weight is 321 g/mol. The Kier molecular flexibility index (Phi) is 5.05. The molecule has 0 aliphatic rings.